The van der Waals surface area contributed by atoms with Gasteiger partial charge in [-0.3, -0.25) is 0 Å². The van der Waals surface area contributed by atoms with Crippen LogP contribution in [0, 0.1) is 0 Å². The lowest BCUT2D eigenvalue weighted by Gasteiger charge is -2.07. The largest absolute Gasteiger partial charge is 0.423 e. The SMILES string of the molecule is Nc1cc(Br)nc(Oc2cccc(Cl)c2Cl)n1. The average molecular weight is 335 g/mol. The number of ether oxygens (including phenoxy) is 1. The first-order valence-corrected chi connectivity index (χ1v) is 6.03. The van der Waals surface area contributed by atoms with Gasteiger partial charge in [0.05, 0.1) is 5.02 Å². The molecule has 7 heteroatoms. The van der Waals surface area contributed by atoms with Gasteiger partial charge in [-0.15, -0.1) is 0 Å². The van der Waals surface area contributed by atoms with Crippen LogP contribution in [0.1, 0.15) is 0 Å². The van der Waals surface area contributed by atoms with Gasteiger partial charge >= 0.3 is 6.01 Å². The smallest absolute Gasteiger partial charge is 0.325 e. The molecule has 0 fully saturated rings. The average Bonchev–Trinajstić information content (AvgIpc) is 2.23. The number of rotatable bonds is 2. The van der Waals surface area contributed by atoms with Crippen LogP contribution in [0.4, 0.5) is 5.82 Å². The highest BCUT2D eigenvalue weighted by Crippen LogP contribution is 2.33. The lowest BCUT2D eigenvalue weighted by Crippen LogP contribution is -1.97. The molecule has 17 heavy (non-hydrogen) atoms. The van der Waals surface area contributed by atoms with Gasteiger partial charge in [0, 0.05) is 6.07 Å². The fraction of sp³-hybridized carbons (Fsp3) is 0. The fourth-order valence-electron chi connectivity index (χ4n) is 1.12. The molecule has 0 unspecified atom stereocenters. The van der Waals surface area contributed by atoms with Crippen LogP contribution in [-0.4, -0.2) is 9.97 Å². The van der Waals surface area contributed by atoms with Crippen molar-refractivity contribution in [2.75, 3.05) is 5.73 Å². The molecule has 0 saturated heterocycles. The van der Waals surface area contributed by atoms with Gasteiger partial charge in [-0.25, -0.2) is 0 Å². The number of halogens is 3. The second-order valence-electron chi connectivity index (χ2n) is 3.05. The van der Waals surface area contributed by atoms with Crippen LogP contribution in [0.25, 0.3) is 0 Å². The predicted octanol–water partition coefficient (Wildman–Crippen LogP) is 3.92. The van der Waals surface area contributed by atoms with Gasteiger partial charge in [-0.1, -0.05) is 29.3 Å². The van der Waals surface area contributed by atoms with Crippen molar-refractivity contribution in [2.45, 2.75) is 0 Å². The normalized spacial score (nSPS) is 10.3. The molecule has 0 atom stereocenters. The number of nitrogen functional groups attached to an aromatic ring is 1. The molecule has 0 bridgehead atoms. The summed E-state index contributed by atoms with van der Waals surface area (Å²) in [5, 5.41) is 0.698. The Balaban J connectivity index is 2.34. The fourth-order valence-corrected chi connectivity index (χ4v) is 1.84. The molecule has 2 aromatic rings. The molecule has 0 aliphatic heterocycles. The van der Waals surface area contributed by atoms with Gasteiger partial charge in [0.15, 0.2) is 5.75 Å². The lowest BCUT2D eigenvalue weighted by molar-refractivity contribution is 0.442. The van der Waals surface area contributed by atoms with E-state index in [1.807, 2.05) is 0 Å². The van der Waals surface area contributed by atoms with Gasteiger partial charge in [0.2, 0.25) is 0 Å². The molecule has 1 heterocycles. The molecule has 0 radical (unpaired) electrons. The summed E-state index contributed by atoms with van der Waals surface area (Å²) in [6.07, 6.45) is 0. The molecule has 0 aliphatic carbocycles. The Morgan fingerprint density at radius 2 is 2.00 bits per heavy atom. The third-order valence-electron chi connectivity index (χ3n) is 1.81. The number of anilines is 1. The van der Waals surface area contributed by atoms with Crippen LogP contribution in [0.2, 0.25) is 10.0 Å². The molecule has 4 nitrogen and oxygen atoms in total. The molecule has 88 valence electrons. The van der Waals surface area contributed by atoms with E-state index in [0.717, 1.165) is 0 Å². The number of nitrogens with zero attached hydrogens (tertiary/aromatic N) is 2. The molecule has 1 aromatic carbocycles. The summed E-state index contributed by atoms with van der Waals surface area (Å²) in [6.45, 7) is 0. The maximum atomic E-state index is 5.97. The van der Waals surface area contributed by atoms with Crippen molar-refractivity contribution >= 4 is 44.9 Å². The standard InChI is InChI=1S/C10H6BrCl2N3O/c11-7-4-8(14)16-10(15-7)17-6-3-1-2-5(12)9(6)13/h1-4H,(H2,14,15,16). The van der Waals surface area contributed by atoms with E-state index in [1.54, 1.807) is 24.3 Å². The van der Waals surface area contributed by atoms with Crippen molar-refractivity contribution in [1.29, 1.82) is 0 Å². The van der Waals surface area contributed by atoms with E-state index < -0.39 is 0 Å². The molecule has 0 spiro atoms. The highest BCUT2D eigenvalue weighted by atomic mass is 79.9. The number of hydrogen-bond acceptors (Lipinski definition) is 4. The quantitative estimate of drug-likeness (QED) is 0.845. The third kappa shape index (κ3) is 3.00. The molecular formula is C10H6BrCl2N3O. The molecule has 0 aliphatic rings. The first kappa shape index (κ1) is 12.4. The van der Waals surface area contributed by atoms with Crippen molar-refractivity contribution in [1.82, 2.24) is 9.97 Å². The van der Waals surface area contributed by atoms with E-state index in [-0.39, 0.29) is 6.01 Å². The van der Waals surface area contributed by atoms with Crippen molar-refractivity contribution in [2.24, 2.45) is 0 Å². The van der Waals surface area contributed by atoms with Crippen LogP contribution in [0.5, 0.6) is 11.8 Å². The van der Waals surface area contributed by atoms with Crippen molar-refractivity contribution in [3.05, 3.63) is 38.9 Å². The third-order valence-corrected chi connectivity index (χ3v) is 3.02. The summed E-state index contributed by atoms with van der Waals surface area (Å²) in [4.78, 5) is 7.91. The summed E-state index contributed by atoms with van der Waals surface area (Å²) in [5.41, 5.74) is 5.56. The minimum absolute atomic E-state index is 0.0982. The second-order valence-corrected chi connectivity index (χ2v) is 4.65. The molecule has 2 N–H and O–H groups in total. The Bertz CT molecular complexity index is 545. The molecule has 1 aromatic heterocycles. The van der Waals surface area contributed by atoms with Gasteiger partial charge in [0.1, 0.15) is 15.4 Å². The second kappa shape index (κ2) is 5.08. The van der Waals surface area contributed by atoms with Crippen LogP contribution in [-0.2, 0) is 0 Å². The van der Waals surface area contributed by atoms with Crippen molar-refractivity contribution in [3.8, 4) is 11.8 Å². The summed E-state index contributed by atoms with van der Waals surface area (Å²) >= 11 is 15.0. The van der Waals surface area contributed by atoms with E-state index in [1.165, 1.54) is 0 Å². The van der Waals surface area contributed by atoms with Crippen LogP contribution < -0.4 is 10.5 Å². The molecule has 2 rings (SSSR count). The maximum absolute atomic E-state index is 5.97. The lowest BCUT2D eigenvalue weighted by atomic mass is 10.3. The van der Waals surface area contributed by atoms with Crippen LogP contribution >= 0.6 is 39.1 Å². The minimum atomic E-state index is 0.0982. The Labute approximate surface area is 116 Å². The highest BCUT2D eigenvalue weighted by Gasteiger charge is 2.09. The van der Waals surface area contributed by atoms with Crippen molar-refractivity contribution < 1.29 is 4.74 Å². The number of benzene rings is 1. The topological polar surface area (TPSA) is 61.0 Å². The number of aromatic nitrogens is 2. The summed E-state index contributed by atoms with van der Waals surface area (Å²) in [7, 11) is 0. The van der Waals surface area contributed by atoms with Crippen molar-refractivity contribution in [3.63, 3.8) is 0 Å². The van der Waals surface area contributed by atoms with E-state index in [0.29, 0.717) is 26.2 Å². The zero-order valence-electron chi connectivity index (χ0n) is 8.32. The first-order valence-electron chi connectivity index (χ1n) is 4.48. The Morgan fingerprint density at radius 1 is 1.24 bits per heavy atom. The van der Waals surface area contributed by atoms with Gasteiger partial charge in [-0.2, -0.15) is 9.97 Å². The minimum Gasteiger partial charge on any atom is -0.423 e. The molecular weight excluding hydrogens is 329 g/mol. The zero-order chi connectivity index (χ0) is 12.4. The zero-order valence-corrected chi connectivity index (χ0v) is 11.4. The monoisotopic (exact) mass is 333 g/mol. The van der Waals surface area contributed by atoms with Crippen LogP contribution in [0.3, 0.4) is 0 Å². The van der Waals surface area contributed by atoms with E-state index in [2.05, 4.69) is 25.9 Å². The van der Waals surface area contributed by atoms with E-state index in [4.69, 9.17) is 33.7 Å². The first-order chi connectivity index (χ1) is 8.06. The van der Waals surface area contributed by atoms with Gasteiger partial charge in [-0.05, 0) is 28.1 Å². The van der Waals surface area contributed by atoms with Gasteiger partial charge in [0.25, 0.3) is 0 Å². The van der Waals surface area contributed by atoms with Gasteiger partial charge < -0.3 is 10.5 Å². The molecule has 0 amide bonds. The summed E-state index contributed by atoms with van der Waals surface area (Å²) in [6, 6.07) is 6.69. The molecule has 0 saturated carbocycles. The maximum Gasteiger partial charge on any atom is 0.325 e. The predicted molar refractivity (Wildman–Crippen MR) is 70.7 cm³/mol. The Hall–Kier alpha value is -1.04. The highest BCUT2D eigenvalue weighted by molar-refractivity contribution is 9.10. The number of hydrogen-bond donors (Lipinski definition) is 1. The van der Waals surface area contributed by atoms with E-state index >= 15 is 0 Å². The summed E-state index contributed by atoms with van der Waals surface area (Å²) in [5.74, 6) is 0.664. The number of nitrogens with two attached hydrogens (primary N) is 1. The van der Waals surface area contributed by atoms with E-state index in [9.17, 15) is 0 Å². The Kier molecular flexibility index (Phi) is 3.71. The summed E-state index contributed by atoms with van der Waals surface area (Å²) < 4.78 is 5.93. The van der Waals surface area contributed by atoms with Crippen LogP contribution in [0.15, 0.2) is 28.9 Å². The Morgan fingerprint density at radius 3 is 2.71 bits per heavy atom.